The van der Waals surface area contributed by atoms with Crippen LogP contribution in [0, 0.1) is 0 Å². The van der Waals surface area contributed by atoms with Crippen LogP contribution < -0.4 is 14.8 Å². The maximum Gasteiger partial charge on any atom is 0.257 e. The Balaban J connectivity index is 1.65. The second-order valence-electron chi connectivity index (χ2n) is 5.17. The smallest absolute Gasteiger partial charge is 0.257 e. The molecule has 1 amide bonds. The number of hydrogen-bond acceptors (Lipinski definition) is 3. The monoisotopic (exact) mass is 367 g/mol. The number of hydrogen-bond donors (Lipinski definition) is 1. The fraction of sp³-hybridized carbons (Fsp3) is 0.278. The number of halogens is 2. The first-order valence-corrected chi connectivity index (χ1v) is 8.31. The van der Waals surface area contributed by atoms with Gasteiger partial charge >= 0.3 is 0 Å². The number of benzene rings is 2. The SMILES string of the molecule is COc1ccc(CCCNC(=O)COc2ccc(Cl)cc2Cl)cc1. The van der Waals surface area contributed by atoms with Gasteiger partial charge in [0.2, 0.25) is 0 Å². The van der Waals surface area contributed by atoms with Gasteiger partial charge < -0.3 is 14.8 Å². The van der Waals surface area contributed by atoms with Crippen LogP contribution in [0.4, 0.5) is 0 Å². The molecule has 128 valence electrons. The first-order chi connectivity index (χ1) is 11.6. The van der Waals surface area contributed by atoms with Gasteiger partial charge in [0.05, 0.1) is 12.1 Å². The molecule has 0 aliphatic rings. The lowest BCUT2D eigenvalue weighted by Crippen LogP contribution is -2.29. The van der Waals surface area contributed by atoms with Crippen molar-refractivity contribution in [2.45, 2.75) is 12.8 Å². The van der Waals surface area contributed by atoms with Gasteiger partial charge in [0.15, 0.2) is 6.61 Å². The molecule has 24 heavy (non-hydrogen) atoms. The molecule has 0 saturated heterocycles. The summed E-state index contributed by atoms with van der Waals surface area (Å²) < 4.78 is 10.5. The normalized spacial score (nSPS) is 10.3. The van der Waals surface area contributed by atoms with Crippen LogP contribution >= 0.6 is 23.2 Å². The van der Waals surface area contributed by atoms with Crippen LogP contribution in [0.25, 0.3) is 0 Å². The fourth-order valence-electron chi connectivity index (χ4n) is 2.10. The van der Waals surface area contributed by atoms with Gasteiger partial charge in [0.1, 0.15) is 11.5 Å². The van der Waals surface area contributed by atoms with E-state index in [2.05, 4.69) is 5.32 Å². The van der Waals surface area contributed by atoms with E-state index in [4.69, 9.17) is 32.7 Å². The third-order valence-electron chi connectivity index (χ3n) is 3.38. The van der Waals surface area contributed by atoms with E-state index in [0.717, 1.165) is 18.6 Å². The zero-order valence-corrected chi connectivity index (χ0v) is 14.9. The van der Waals surface area contributed by atoms with E-state index in [1.165, 1.54) is 5.56 Å². The maximum absolute atomic E-state index is 11.8. The van der Waals surface area contributed by atoms with E-state index >= 15 is 0 Å². The second kappa shape index (κ2) is 9.40. The Morgan fingerprint density at radius 3 is 2.54 bits per heavy atom. The van der Waals surface area contributed by atoms with E-state index < -0.39 is 0 Å². The zero-order chi connectivity index (χ0) is 17.4. The number of amides is 1. The van der Waals surface area contributed by atoms with Crippen LogP contribution in [-0.4, -0.2) is 26.2 Å². The van der Waals surface area contributed by atoms with E-state index in [-0.39, 0.29) is 12.5 Å². The van der Waals surface area contributed by atoms with Gasteiger partial charge in [-0.25, -0.2) is 0 Å². The predicted molar refractivity (Wildman–Crippen MR) is 96.3 cm³/mol. The number of aryl methyl sites for hydroxylation is 1. The van der Waals surface area contributed by atoms with Crippen LogP contribution in [0.3, 0.4) is 0 Å². The van der Waals surface area contributed by atoms with Gasteiger partial charge in [-0.15, -0.1) is 0 Å². The van der Waals surface area contributed by atoms with Crippen molar-refractivity contribution >= 4 is 29.1 Å². The zero-order valence-electron chi connectivity index (χ0n) is 13.4. The lowest BCUT2D eigenvalue weighted by Gasteiger charge is -2.09. The first-order valence-electron chi connectivity index (χ1n) is 7.56. The molecule has 0 aliphatic heterocycles. The van der Waals surface area contributed by atoms with Gasteiger partial charge in [-0.2, -0.15) is 0 Å². The van der Waals surface area contributed by atoms with Crippen LogP contribution in [-0.2, 0) is 11.2 Å². The van der Waals surface area contributed by atoms with E-state index in [1.54, 1.807) is 25.3 Å². The summed E-state index contributed by atoms with van der Waals surface area (Å²) in [6.45, 7) is 0.506. The largest absolute Gasteiger partial charge is 0.497 e. The molecular formula is C18H19Cl2NO3. The van der Waals surface area contributed by atoms with Crippen LogP contribution in [0.1, 0.15) is 12.0 Å². The molecule has 0 unspecified atom stereocenters. The maximum atomic E-state index is 11.8. The molecular weight excluding hydrogens is 349 g/mol. The highest BCUT2D eigenvalue weighted by Crippen LogP contribution is 2.27. The van der Waals surface area contributed by atoms with Crippen molar-refractivity contribution in [1.29, 1.82) is 0 Å². The molecule has 0 radical (unpaired) electrons. The molecule has 2 aromatic rings. The Hall–Kier alpha value is -1.91. The van der Waals surface area contributed by atoms with Crippen LogP contribution in [0.2, 0.25) is 10.0 Å². The summed E-state index contributed by atoms with van der Waals surface area (Å²) in [5, 5.41) is 3.73. The summed E-state index contributed by atoms with van der Waals surface area (Å²) in [5.74, 6) is 1.09. The molecule has 0 atom stereocenters. The summed E-state index contributed by atoms with van der Waals surface area (Å²) in [7, 11) is 1.64. The number of carbonyl (C=O) groups is 1. The average molecular weight is 368 g/mol. The van der Waals surface area contributed by atoms with Gasteiger partial charge in [-0.1, -0.05) is 35.3 Å². The fourth-order valence-corrected chi connectivity index (χ4v) is 2.56. The Labute approximate surface area is 151 Å². The molecule has 0 spiro atoms. The lowest BCUT2D eigenvalue weighted by molar-refractivity contribution is -0.123. The van der Waals surface area contributed by atoms with Crippen molar-refractivity contribution in [3.63, 3.8) is 0 Å². The van der Waals surface area contributed by atoms with Gasteiger partial charge in [-0.3, -0.25) is 4.79 Å². The molecule has 0 heterocycles. The van der Waals surface area contributed by atoms with Crippen molar-refractivity contribution in [1.82, 2.24) is 5.32 Å². The number of ether oxygens (including phenoxy) is 2. The molecule has 2 aromatic carbocycles. The predicted octanol–water partition coefficient (Wildman–Crippen LogP) is 4.13. The molecule has 0 fully saturated rings. The van der Waals surface area contributed by atoms with Gasteiger partial charge in [0, 0.05) is 11.6 Å². The lowest BCUT2D eigenvalue weighted by atomic mass is 10.1. The Morgan fingerprint density at radius 2 is 1.88 bits per heavy atom. The number of rotatable bonds is 8. The van der Waals surface area contributed by atoms with E-state index in [9.17, 15) is 4.79 Å². The average Bonchev–Trinajstić information content (AvgIpc) is 2.58. The second-order valence-corrected chi connectivity index (χ2v) is 6.01. The molecule has 0 aliphatic carbocycles. The molecule has 0 aromatic heterocycles. The number of carbonyl (C=O) groups excluding carboxylic acids is 1. The van der Waals surface area contributed by atoms with Crippen molar-refractivity contribution < 1.29 is 14.3 Å². The molecule has 1 N–H and O–H groups in total. The van der Waals surface area contributed by atoms with Gasteiger partial charge in [0.25, 0.3) is 5.91 Å². The van der Waals surface area contributed by atoms with Crippen molar-refractivity contribution in [3.8, 4) is 11.5 Å². The number of nitrogens with one attached hydrogen (secondary N) is 1. The van der Waals surface area contributed by atoms with Crippen LogP contribution in [0.5, 0.6) is 11.5 Å². The highest BCUT2D eigenvalue weighted by molar-refractivity contribution is 6.35. The summed E-state index contributed by atoms with van der Waals surface area (Å²) in [6, 6.07) is 12.8. The minimum atomic E-state index is -0.184. The Bertz CT molecular complexity index is 674. The summed E-state index contributed by atoms with van der Waals surface area (Å²) in [5.41, 5.74) is 1.20. The van der Waals surface area contributed by atoms with Gasteiger partial charge in [-0.05, 0) is 48.7 Å². The van der Waals surface area contributed by atoms with Crippen molar-refractivity contribution in [2.24, 2.45) is 0 Å². The molecule has 0 bridgehead atoms. The van der Waals surface area contributed by atoms with Crippen molar-refractivity contribution in [3.05, 3.63) is 58.1 Å². The highest BCUT2D eigenvalue weighted by atomic mass is 35.5. The quantitative estimate of drug-likeness (QED) is 0.713. The third-order valence-corrected chi connectivity index (χ3v) is 3.91. The number of methoxy groups -OCH3 is 1. The minimum absolute atomic E-state index is 0.0795. The molecule has 2 rings (SSSR count). The van der Waals surface area contributed by atoms with E-state index in [1.807, 2.05) is 24.3 Å². The molecule has 0 saturated carbocycles. The standard InChI is InChI=1S/C18H19Cl2NO3/c1-23-15-7-4-13(5-8-15)3-2-10-21-18(22)12-24-17-9-6-14(19)11-16(17)20/h4-9,11H,2-3,10,12H2,1H3,(H,21,22). The molecule has 6 heteroatoms. The highest BCUT2D eigenvalue weighted by Gasteiger charge is 2.06. The minimum Gasteiger partial charge on any atom is -0.497 e. The topological polar surface area (TPSA) is 47.6 Å². The van der Waals surface area contributed by atoms with Crippen LogP contribution in [0.15, 0.2) is 42.5 Å². The van der Waals surface area contributed by atoms with Crippen molar-refractivity contribution in [2.75, 3.05) is 20.3 Å². The summed E-state index contributed by atoms with van der Waals surface area (Å²) in [6.07, 6.45) is 1.73. The Kier molecular flexibility index (Phi) is 7.22. The third kappa shape index (κ3) is 5.95. The Morgan fingerprint density at radius 1 is 1.12 bits per heavy atom. The first kappa shape index (κ1) is 18.4. The molecule has 4 nitrogen and oxygen atoms in total. The summed E-state index contributed by atoms with van der Waals surface area (Å²) >= 11 is 11.8. The summed E-state index contributed by atoms with van der Waals surface area (Å²) in [4.78, 5) is 11.8. The van der Waals surface area contributed by atoms with E-state index in [0.29, 0.717) is 22.3 Å².